The summed E-state index contributed by atoms with van der Waals surface area (Å²) in [5.74, 6) is 0.387. The highest BCUT2D eigenvalue weighted by molar-refractivity contribution is 6.11. The summed E-state index contributed by atoms with van der Waals surface area (Å²) < 4.78 is 0. The molecule has 1 atom stereocenters. The third-order valence-corrected chi connectivity index (χ3v) is 10.3. The van der Waals surface area contributed by atoms with E-state index in [2.05, 4.69) is 141 Å². The van der Waals surface area contributed by atoms with Gasteiger partial charge in [-0.3, -0.25) is 19.9 Å². The summed E-state index contributed by atoms with van der Waals surface area (Å²) in [5.41, 5.74) is 16.6. The van der Waals surface area contributed by atoms with Crippen molar-refractivity contribution in [3.63, 3.8) is 0 Å². The van der Waals surface area contributed by atoms with Crippen LogP contribution >= 0.6 is 0 Å². The zero-order valence-electron chi connectivity index (χ0n) is 29.4. The van der Waals surface area contributed by atoms with E-state index in [9.17, 15) is 0 Å². The number of fused-ring (bicyclic) bond motifs is 5. The van der Waals surface area contributed by atoms with E-state index in [-0.39, 0.29) is 0 Å². The molecule has 52 heavy (non-hydrogen) atoms. The molecule has 4 heteroatoms. The van der Waals surface area contributed by atoms with Gasteiger partial charge in [0.05, 0.1) is 16.7 Å². The molecule has 1 aliphatic carbocycles. The predicted octanol–water partition coefficient (Wildman–Crippen LogP) is 12.0. The van der Waals surface area contributed by atoms with Gasteiger partial charge in [0, 0.05) is 45.8 Å². The Morgan fingerprint density at radius 1 is 0.577 bits per heavy atom. The fraction of sp³-hybridized carbons (Fsp3) is 0.125. The fourth-order valence-electron chi connectivity index (χ4n) is 7.98. The number of nitrogens with zero attached hydrogens (tertiary/aromatic N) is 4. The first-order valence-electron chi connectivity index (χ1n) is 18.1. The molecule has 1 unspecified atom stereocenters. The van der Waals surface area contributed by atoms with Crippen LogP contribution in [-0.4, -0.2) is 20.7 Å². The van der Waals surface area contributed by atoms with E-state index >= 15 is 0 Å². The largest absolute Gasteiger partial charge is 0.258 e. The lowest BCUT2D eigenvalue weighted by Crippen LogP contribution is -2.15. The van der Waals surface area contributed by atoms with Gasteiger partial charge in [-0.25, -0.2) is 0 Å². The molecular formula is C48H38N4. The average Bonchev–Trinajstić information content (AvgIpc) is 3.27. The van der Waals surface area contributed by atoms with Crippen molar-refractivity contribution in [3.05, 3.63) is 174 Å². The Hall–Kier alpha value is -6.26. The summed E-state index contributed by atoms with van der Waals surface area (Å²) in [5, 5.41) is 2.16. The van der Waals surface area contributed by atoms with Gasteiger partial charge >= 0.3 is 0 Å². The number of allylic oxidation sites excluding steroid dienone is 5. The molecule has 9 rings (SSSR count). The zero-order chi connectivity index (χ0) is 35.0. The van der Waals surface area contributed by atoms with Crippen molar-refractivity contribution in [2.24, 2.45) is 10.9 Å². The van der Waals surface area contributed by atoms with Crippen LogP contribution in [0.1, 0.15) is 41.8 Å². The number of aryl methyl sites for hydroxylation is 2. The monoisotopic (exact) mass is 670 g/mol. The van der Waals surface area contributed by atoms with Gasteiger partial charge in [-0.05, 0) is 144 Å². The van der Waals surface area contributed by atoms with Crippen molar-refractivity contribution in [3.8, 4) is 33.4 Å². The first-order valence-corrected chi connectivity index (χ1v) is 18.1. The molecule has 2 aliphatic rings. The lowest BCUT2D eigenvalue weighted by molar-refractivity contribution is 0.636. The molecule has 0 saturated heterocycles. The molecule has 0 fully saturated rings. The van der Waals surface area contributed by atoms with Crippen molar-refractivity contribution < 1.29 is 0 Å². The third kappa shape index (κ3) is 6.07. The highest BCUT2D eigenvalue weighted by Gasteiger charge is 2.27. The molecule has 0 radical (unpaired) electrons. The molecule has 2 bridgehead atoms. The van der Waals surface area contributed by atoms with E-state index in [1.165, 1.54) is 11.1 Å². The normalized spacial score (nSPS) is 17.0. The van der Waals surface area contributed by atoms with Crippen molar-refractivity contribution >= 4 is 38.8 Å². The van der Waals surface area contributed by atoms with Crippen LogP contribution < -0.4 is 0 Å². The van der Waals surface area contributed by atoms with Crippen LogP contribution in [0.15, 0.2) is 157 Å². The van der Waals surface area contributed by atoms with E-state index in [1.54, 1.807) is 0 Å². The van der Waals surface area contributed by atoms with Crippen molar-refractivity contribution in [2.45, 2.75) is 33.1 Å². The van der Waals surface area contributed by atoms with E-state index < -0.39 is 0 Å². The quantitative estimate of drug-likeness (QED) is 0.171. The molecule has 0 N–H and O–H groups in total. The Bertz CT molecular complexity index is 2610. The first kappa shape index (κ1) is 31.7. The van der Waals surface area contributed by atoms with Crippen LogP contribution in [-0.2, 0) is 0 Å². The maximum absolute atomic E-state index is 5.38. The maximum atomic E-state index is 5.38. The van der Waals surface area contributed by atoms with Gasteiger partial charge in [0.15, 0.2) is 0 Å². The number of hydrogen-bond acceptors (Lipinski definition) is 4. The van der Waals surface area contributed by atoms with Crippen LogP contribution in [0, 0.1) is 19.8 Å². The lowest BCUT2D eigenvalue weighted by atomic mass is 9.80. The first-order chi connectivity index (χ1) is 25.6. The average molecular weight is 671 g/mol. The van der Waals surface area contributed by atoms with Crippen molar-refractivity contribution in [1.82, 2.24) is 15.0 Å². The van der Waals surface area contributed by atoms with Crippen molar-refractivity contribution in [2.75, 3.05) is 0 Å². The minimum absolute atomic E-state index is 0.387. The standard InChI is InChI=1S/C48H38N4/c1-31-23-38(24-32(2)51-31)40-26-39(27-41(28-40)44-30-37-18-11-21-49-47(37)48-43(44)20-12-22-50-48)34-16-10-17-36(25-34)46-45(33-13-7-5-8-14-33)35-15-6-3-4-9-19-42(29-35)52-46/h3-5,7-14,16-28,30,35H,6,15,29H2,1-2H3/b4-3-,19-9-. The number of rotatable bonds is 5. The summed E-state index contributed by atoms with van der Waals surface area (Å²) in [6.07, 6.45) is 15.6. The Balaban J connectivity index is 1.26. The van der Waals surface area contributed by atoms with E-state index in [1.807, 2.05) is 24.5 Å². The molecule has 0 amide bonds. The van der Waals surface area contributed by atoms with E-state index in [0.29, 0.717) is 5.92 Å². The summed E-state index contributed by atoms with van der Waals surface area (Å²) in [7, 11) is 0. The van der Waals surface area contributed by atoms with Crippen LogP contribution in [0.5, 0.6) is 0 Å². The second-order valence-corrected chi connectivity index (χ2v) is 13.9. The van der Waals surface area contributed by atoms with Gasteiger partial charge in [-0.2, -0.15) is 0 Å². The van der Waals surface area contributed by atoms with Gasteiger partial charge in [0.25, 0.3) is 0 Å². The van der Waals surface area contributed by atoms with Crippen LogP contribution in [0.4, 0.5) is 0 Å². The number of hydrogen-bond donors (Lipinski definition) is 0. The van der Waals surface area contributed by atoms with E-state index in [0.717, 1.165) is 103 Å². The van der Waals surface area contributed by atoms with Gasteiger partial charge in [-0.1, -0.05) is 78.9 Å². The van der Waals surface area contributed by atoms with Gasteiger partial charge in [0.2, 0.25) is 0 Å². The summed E-state index contributed by atoms with van der Waals surface area (Å²) in [6, 6.07) is 41.7. The number of benzene rings is 4. The number of aliphatic imine (C=N–C) groups is 1. The highest BCUT2D eigenvalue weighted by atomic mass is 14.8. The summed E-state index contributed by atoms with van der Waals surface area (Å²) in [4.78, 5) is 19.6. The Morgan fingerprint density at radius 3 is 2.12 bits per heavy atom. The smallest absolute Gasteiger partial charge is 0.0970 e. The Morgan fingerprint density at radius 2 is 1.27 bits per heavy atom. The Kier molecular flexibility index (Phi) is 8.21. The molecule has 0 spiro atoms. The SMILES string of the molecule is Cc1cc(-c2cc(-c3cccc(C4=C(c5ccccc5)C5CC/C=C\C=C/C(=N4)C5)c3)cc(-c3cc4cccnc4c4ncccc34)c2)cc(C)n1. The summed E-state index contributed by atoms with van der Waals surface area (Å²) in [6.45, 7) is 4.13. The topological polar surface area (TPSA) is 51.0 Å². The third-order valence-electron chi connectivity index (χ3n) is 10.3. The summed E-state index contributed by atoms with van der Waals surface area (Å²) >= 11 is 0. The molecule has 4 aromatic carbocycles. The molecular weight excluding hydrogens is 633 g/mol. The van der Waals surface area contributed by atoms with Crippen molar-refractivity contribution in [1.29, 1.82) is 0 Å². The number of aromatic nitrogens is 3. The maximum Gasteiger partial charge on any atom is 0.0970 e. The fourth-order valence-corrected chi connectivity index (χ4v) is 7.98. The van der Waals surface area contributed by atoms with Gasteiger partial charge in [0.1, 0.15) is 0 Å². The minimum Gasteiger partial charge on any atom is -0.258 e. The van der Waals surface area contributed by atoms with Crippen LogP contribution in [0.25, 0.3) is 66.5 Å². The number of pyridine rings is 3. The van der Waals surface area contributed by atoms with E-state index in [4.69, 9.17) is 19.9 Å². The molecule has 4 nitrogen and oxygen atoms in total. The molecule has 0 saturated carbocycles. The highest BCUT2D eigenvalue weighted by Crippen LogP contribution is 2.43. The van der Waals surface area contributed by atoms with Gasteiger partial charge < -0.3 is 0 Å². The molecule has 1 aliphatic heterocycles. The predicted molar refractivity (Wildman–Crippen MR) is 217 cm³/mol. The molecule has 3 aromatic heterocycles. The minimum atomic E-state index is 0.387. The molecule has 7 aromatic rings. The zero-order valence-corrected chi connectivity index (χ0v) is 29.4. The van der Waals surface area contributed by atoms with Gasteiger partial charge in [-0.15, -0.1) is 0 Å². The van der Waals surface area contributed by atoms with Crippen LogP contribution in [0.3, 0.4) is 0 Å². The molecule has 4 heterocycles. The lowest BCUT2D eigenvalue weighted by Gasteiger charge is -2.27. The van der Waals surface area contributed by atoms with Crippen LogP contribution in [0.2, 0.25) is 0 Å². The second kappa shape index (κ2) is 13.5. The Labute approximate surface area is 304 Å². The molecule has 250 valence electrons. The second-order valence-electron chi connectivity index (χ2n) is 13.9.